The normalized spacial score (nSPS) is 11.5. The van der Waals surface area contributed by atoms with Gasteiger partial charge in [-0.1, -0.05) is 30.3 Å². The average molecular weight is 226 g/mol. The van der Waals surface area contributed by atoms with Gasteiger partial charge in [0.1, 0.15) is 6.26 Å². The summed E-state index contributed by atoms with van der Waals surface area (Å²) in [6.45, 7) is 0.940. The third-order valence-corrected chi connectivity index (χ3v) is 1.82. The molecule has 0 radical (unpaired) electrons. The summed E-state index contributed by atoms with van der Waals surface area (Å²) in [6, 6.07) is 8.68. The van der Waals surface area contributed by atoms with Gasteiger partial charge in [0.15, 0.2) is 12.6 Å². The Balaban J connectivity index is 2.24. The molecule has 0 atom stereocenters. The fraction of sp³-hybridized carbons (Fsp3) is 0.333. The van der Waals surface area contributed by atoms with Crippen LogP contribution in [0.1, 0.15) is 5.56 Å². The molecule has 0 spiro atoms. The van der Waals surface area contributed by atoms with Gasteiger partial charge < -0.3 is 14.2 Å². The number of benzene rings is 1. The second-order valence-electron chi connectivity index (χ2n) is 3.02. The first-order valence-electron chi connectivity index (χ1n) is 4.94. The predicted molar refractivity (Wildman–Crippen MR) is 59.3 cm³/mol. The molecule has 0 aromatic heterocycles. The molecular weight excluding hydrogens is 211 g/mol. The highest BCUT2D eigenvalue weighted by Crippen LogP contribution is 2.14. The molecule has 4 heteroatoms. The van der Waals surface area contributed by atoms with Crippen molar-refractivity contribution in [3.63, 3.8) is 0 Å². The molecule has 1 rings (SSSR count). The molecule has 16 heavy (non-hydrogen) atoms. The van der Waals surface area contributed by atoms with Crippen molar-refractivity contribution >= 4 is 5.83 Å². The van der Waals surface area contributed by atoms with E-state index >= 15 is 0 Å². The zero-order valence-corrected chi connectivity index (χ0v) is 9.19. The van der Waals surface area contributed by atoms with Gasteiger partial charge in [0, 0.05) is 12.7 Å². The maximum absolute atomic E-state index is 13.4. The fourth-order valence-electron chi connectivity index (χ4n) is 1.02. The summed E-state index contributed by atoms with van der Waals surface area (Å²) < 4.78 is 28.0. The van der Waals surface area contributed by atoms with E-state index in [1.807, 2.05) is 6.07 Å². The molecule has 0 unspecified atom stereocenters. The van der Waals surface area contributed by atoms with E-state index in [4.69, 9.17) is 14.2 Å². The van der Waals surface area contributed by atoms with Crippen molar-refractivity contribution < 1.29 is 18.6 Å². The van der Waals surface area contributed by atoms with Gasteiger partial charge in [-0.3, -0.25) is 0 Å². The first kappa shape index (κ1) is 12.7. The van der Waals surface area contributed by atoms with Crippen LogP contribution in [0.15, 0.2) is 36.6 Å². The Morgan fingerprint density at radius 2 is 2.00 bits per heavy atom. The van der Waals surface area contributed by atoms with E-state index in [1.54, 1.807) is 31.4 Å². The van der Waals surface area contributed by atoms with Gasteiger partial charge in [0.25, 0.3) is 0 Å². The van der Waals surface area contributed by atoms with Crippen molar-refractivity contribution in [2.24, 2.45) is 0 Å². The highest BCUT2D eigenvalue weighted by molar-refractivity contribution is 5.57. The van der Waals surface area contributed by atoms with Gasteiger partial charge >= 0.3 is 0 Å². The lowest BCUT2D eigenvalue weighted by Crippen LogP contribution is -2.03. The highest BCUT2D eigenvalue weighted by Gasteiger charge is 1.98. The van der Waals surface area contributed by atoms with E-state index in [0.29, 0.717) is 18.8 Å². The molecule has 0 aliphatic carbocycles. The molecule has 0 bridgehead atoms. The molecular formula is C12H15FO3. The molecule has 3 nitrogen and oxygen atoms in total. The molecule has 0 amide bonds. The predicted octanol–water partition coefficient (Wildman–Crippen LogP) is 2.59. The molecule has 0 N–H and O–H groups in total. The first-order chi connectivity index (χ1) is 7.84. The molecule has 0 saturated carbocycles. The number of halogens is 1. The average Bonchev–Trinajstić information content (AvgIpc) is 2.34. The Morgan fingerprint density at radius 3 is 2.69 bits per heavy atom. The summed E-state index contributed by atoms with van der Waals surface area (Å²) in [5, 5.41) is 0. The van der Waals surface area contributed by atoms with Crippen molar-refractivity contribution in [2.45, 2.75) is 0 Å². The molecule has 88 valence electrons. The van der Waals surface area contributed by atoms with Crippen molar-refractivity contribution in [1.29, 1.82) is 0 Å². The maximum Gasteiger partial charge on any atom is 0.188 e. The zero-order valence-electron chi connectivity index (χ0n) is 9.19. The van der Waals surface area contributed by atoms with E-state index in [1.165, 1.54) is 0 Å². The van der Waals surface area contributed by atoms with Crippen LogP contribution in [0.2, 0.25) is 0 Å². The summed E-state index contributed by atoms with van der Waals surface area (Å²) >= 11 is 0. The Morgan fingerprint density at radius 1 is 1.25 bits per heavy atom. The molecule has 0 fully saturated rings. The van der Waals surface area contributed by atoms with E-state index in [9.17, 15) is 4.39 Å². The smallest absolute Gasteiger partial charge is 0.188 e. The molecule has 0 saturated heterocycles. The van der Waals surface area contributed by atoms with Crippen LogP contribution in [0.5, 0.6) is 0 Å². The van der Waals surface area contributed by atoms with Crippen LogP contribution in [-0.2, 0) is 14.2 Å². The SMILES string of the molecule is COCCOCO/C=C(\F)c1ccccc1. The van der Waals surface area contributed by atoms with E-state index in [2.05, 4.69) is 0 Å². The van der Waals surface area contributed by atoms with Gasteiger partial charge in [0.05, 0.1) is 13.2 Å². The minimum absolute atomic E-state index is 0.0175. The van der Waals surface area contributed by atoms with Crippen molar-refractivity contribution in [3.05, 3.63) is 42.2 Å². The third-order valence-electron chi connectivity index (χ3n) is 1.82. The van der Waals surface area contributed by atoms with Crippen LogP contribution in [0.25, 0.3) is 5.83 Å². The molecule has 0 aliphatic rings. The van der Waals surface area contributed by atoms with Crippen molar-refractivity contribution in [3.8, 4) is 0 Å². The van der Waals surface area contributed by atoms with Gasteiger partial charge in [-0.2, -0.15) is 0 Å². The summed E-state index contributed by atoms with van der Waals surface area (Å²) in [5.41, 5.74) is 0.486. The summed E-state index contributed by atoms with van der Waals surface area (Å²) in [5.74, 6) is -0.420. The van der Waals surface area contributed by atoms with Crippen LogP contribution in [0, 0.1) is 0 Å². The molecule has 1 aromatic carbocycles. The lowest BCUT2D eigenvalue weighted by molar-refractivity contribution is -0.0299. The topological polar surface area (TPSA) is 27.7 Å². The van der Waals surface area contributed by atoms with Crippen molar-refractivity contribution in [1.82, 2.24) is 0 Å². The number of hydrogen-bond acceptors (Lipinski definition) is 3. The van der Waals surface area contributed by atoms with Crippen LogP contribution in [0.4, 0.5) is 4.39 Å². The van der Waals surface area contributed by atoms with Gasteiger partial charge in [0.2, 0.25) is 0 Å². The molecule has 1 aromatic rings. The van der Waals surface area contributed by atoms with Gasteiger partial charge in [-0.25, -0.2) is 4.39 Å². The number of rotatable bonds is 7. The Bertz CT molecular complexity index is 311. The molecule has 0 aliphatic heterocycles. The van der Waals surface area contributed by atoms with Gasteiger partial charge in [-0.15, -0.1) is 0 Å². The Hall–Kier alpha value is -1.39. The second kappa shape index (κ2) is 7.84. The molecule has 0 heterocycles. The summed E-state index contributed by atoms with van der Waals surface area (Å²) in [4.78, 5) is 0. The largest absolute Gasteiger partial charge is 0.472 e. The minimum Gasteiger partial charge on any atom is -0.472 e. The number of methoxy groups -OCH3 is 1. The van der Waals surface area contributed by atoms with Crippen LogP contribution in [-0.4, -0.2) is 27.1 Å². The van der Waals surface area contributed by atoms with Crippen LogP contribution < -0.4 is 0 Å². The lowest BCUT2D eigenvalue weighted by Gasteiger charge is -2.03. The third kappa shape index (κ3) is 4.91. The minimum atomic E-state index is -0.420. The maximum atomic E-state index is 13.4. The van der Waals surface area contributed by atoms with E-state index in [-0.39, 0.29) is 6.79 Å². The van der Waals surface area contributed by atoms with Crippen LogP contribution in [0.3, 0.4) is 0 Å². The number of ether oxygens (including phenoxy) is 3. The van der Waals surface area contributed by atoms with Crippen molar-refractivity contribution in [2.75, 3.05) is 27.1 Å². The summed E-state index contributed by atoms with van der Waals surface area (Å²) in [6.07, 6.45) is 1.04. The Kier molecular flexibility index (Phi) is 6.22. The highest BCUT2D eigenvalue weighted by atomic mass is 19.1. The second-order valence-corrected chi connectivity index (χ2v) is 3.02. The quantitative estimate of drug-likeness (QED) is 0.406. The number of hydrogen-bond donors (Lipinski definition) is 0. The fourth-order valence-corrected chi connectivity index (χ4v) is 1.02. The Labute approximate surface area is 94.4 Å². The summed E-state index contributed by atoms with van der Waals surface area (Å²) in [7, 11) is 1.58. The van der Waals surface area contributed by atoms with Crippen LogP contribution >= 0.6 is 0 Å². The lowest BCUT2D eigenvalue weighted by atomic mass is 10.2. The van der Waals surface area contributed by atoms with Gasteiger partial charge in [-0.05, 0) is 0 Å². The van der Waals surface area contributed by atoms with E-state index in [0.717, 1.165) is 6.26 Å². The monoisotopic (exact) mass is 226 g/mol. The van der Waals surface area contributed by atoms with E-state index < -0.39 is 5.83 Å². The zero-order chi connectivity index (χ0) is 11.6. The standard InChI is InChI=1S/C12H15FO3/c1-14-7-8-15-10-16-9-12(13)11-5-3-2-4-6-11/h2-6,9H,7-8,10H2,1H3/b12-9-. The first-order valence-corrected chi connectivity index (χ1v) is 4.94.